The van der Waals surface area contributed by atoms with Crippen molar-refractivity contribution in [3.63, 3.8) is 0 Å². The van der Waals surface area contributed by atoms with Crippen LogP contribution in [0.25, 0.3) is 11.1 Å². The summed E-state index contributed by atoms with van der Waals surface area (Å²) < 4.78 is 11.7. The lowest BCUT2D eigenvalue weighted by Crippen LogP contribution is -2.50. The van der Waals surface area contributed by atoms with Crippen LogP contribution in [0.15, 0.2) is 48.5 Å². The number of methoxy groups -OCH3 is 1. The molecule has 0 radical (unpaired) electrons. The predicted molar refractivity (Wildman–Crippen MR) is 133 cm³/mol. The summed E-state index contributed by atoms with van der Waals surface area (Å²) in [4.78, 5) is 15.7. The van der Waals surface area contributed by atoms with E-state index in [4.69, 9.17) is 9.47 Å². The van der Waals surface area contributed by atoms with E-state index in [0.717, 1.165) is 41.8 Å². The van der Waals surface area contributed by atoms with E-state index in [1.54, 1.807) is 7.11 Å². The van der Waals surface area contributed by atoms with Crippen LogP contribution in [0.3, 0.4) is 0 Å². The number of carbonyl (C=O) groups is 1. The summed E-state index contributed by atoms with van der Waals surface area (Å²) in [6.07, 6.45) is 8.83. The first-order valence-electron chi connectivity index (χ1n) is 12.5. The van der Waals surface area contributed by atoms with Crippen molar-refractivity contribution in [2.24, 2.45) is 0 Å². The maximum absolute atomic E-state index is 13.3. The first-order valence-corrected chi connectivity index (χ1v) is 12.5. The standard InChI is InChI=1S/C28H38N2O3/c1-30(24-12-4-3-5-13-24)18-17-29-27(31)28(16-9-19-33-28)21-22-10-8-11-23(20-22)25-14-6-7-15-26(25)32-2/h6-8,10-11,14-15,20,24H,3-5,9,12-13,16-19,21H2,1-2H3,(H,29,31). The van der Waals surface area contributed by atoms with Gasteiger partial charge in [-0.1, -0.05) is 61.7 Å². The lowest BCUT2D eigenvalue weighted by Gasteiger charge is -2.32. The molecular weight excluding hydrogens is 412 g/mol. The van der Waals surface area contributed by atoms with Gasteiger partial charge < -0.3 is 19.7 Å². The summed E-state index contributed by atoms with van der Waals surface area (Å²) in [5, 5.41) is 3.19. The zero-order chi connectivity index (χ0) is 23.1. The van der Waals surface area contributed by atoms with Crippen molar-refractivity contribution in [3.8, 4) is 16.9 Å². The third kappa shape index (κ3) is 5.77. The first kappa shape index (κ1) is 23.8. The van der Waals surface area contributed by atoms with Crippen molar-refractivity contribution in [3.05, 3.63) is 54.1 Å². The van der Waals surface area contributed by atoms with Crippen LogP contribution < -0.4 is 10.1 Å². The van der Waals surface area contributed by atoms with E-state index in [0.29, 0.717) is 25.6 Å². The van der Waals surface area contributed by atoms with E-state index in [9.17, 15) is 4.79 Å². The molecule has 2 fully saturated rings. The average Bonchev–Trinajstić information content (AvgIpc) is 3.34. The number of rotatable bonds is 9. The van der Waals surface area contributed by atoms with E-state index in [-0.39, 0.29) is 5.91 Å². The van der Waals surface area contributed by atoms with E-state index in [2.05, 4.69) is 47.6 Å². The molecule has 5 heteroatoms. The number of nitrogens with zero attached hydrogens (tertiary/aromatic N) is 1. The smallest absolute Gasteiger partial charge is 0.252 e. The van der Waals surface area contributed by atoms with Crippen LogP contribution in [0.4, 0.5) is 0 Å². The summed E-state index contributed by atoms with van der Waals surface area (Å²) in [6.45, 7) is 2.19. The second kappa shape index (κ2) is 11.2. The number of hydrogen-bond donors (Lipinski definition) is 1. The summed E-state index contributed by atoms with van der Waals surface area (Å²) >= 11 is 0. The van der Waals surface area contributed by atoms with Gasteiger partial charge >= 0.3 is 0 Å². The van der Waals surface area contributed by atoms with Gasteiger partial charge in [-0.05, 0) is 49.9 Å². The van der Waals surface area contributed by atoms with Gasteiger partial charge in [0.05, 0.1) is 7.11 Å². The van der Waals surface area contributed by atoms with Crippen molar-refractivity contribution in [1.82, 2.24) is 10.2 Å². The first-order chi connectivity index (χ1) is 16.1. The van der Waals surface area contributed by atoms with Crippen molar-refractivity contribution >= 4 is 5.91 Å². The molecule has 5 nitrogen and oxygen atoms in total. The van der Waals surface area contributed by atoms with Gasteiger partial charge in [0.1, 0.15) is 5.75 Å². The Kier molecular flexibility index (Phi) is 8.05. The molecule has 0 aromatic heterocycles. The van der Waals surface area contributed by atoms with Crippen molar-refractivity contribution in [2.75, 3.05) is 33.9 Å². The Bertz CT molecular complexity index is 917. The van der Waals surface area contributed by atoms with Gasteiger partial charge in [-0.25, -0.2) is 0 Å². The molecule has 2 aromatic rings. The van der Waals surface area contributed by atoms with E-state index < -0.39 is 5.60 Å². The van der Waals surface area contributed by atoms with Crippen LogP contribution in [0.5, 0.6) is 5.75 Å². The molecule has 178 valence electrons. The summed E-state index contributed by atoms with van der Waals surface area (Å²) in [5.41, 5.74) is 2.48. The average molecular weight is 451 g/mol. The number of ether oxygens (including phenoxy) is 2. The van der Waals surface area contributed by atoms with Crippen molar-refractivity contribution < 1.29 is 14.3 Å². The molecule has 1 aliphatic carbocycles. The second-order valence-corrected chi connectivity index (χ2v) is 9.55. The molecule has 4 rings (SSSR count). The Labute approximate surface area is 198 Å². The molecule has 1 amide bonds. The maximum Gasteiger partial charge on any atom is 0.252 e. The predicted octanol–water partition coefficient (Wildman–Crippen LogP) is 4.83. The molecule has 1 atom stereocenters. The number of para-hydroxylation sites is 1. The molecule has 1 aliphatic heterocycles. The normalized spacial score (nSPS) is 21.3. The molecule has 1 heterocycles. The highest BCUT2D eigenvalue weighted by atomic mass is 16.5. The third-order valence-electron chi connectivity index (χ3n) is 7.30. The summed E-state index contributed by atoms with van der Waals surface area (Å²) in [6, 6.07) is 17.1. The molecule has 1 N–H and O–H groups in total. The molecule has 33 heavy (non-hydrogen) atoms. The molecule has 0 spiro atoms. The third-order valence-corrected chi connectivity index (χ3v) is 7.30. The Hall–Kier alpha value is -2.37. The second-order valence-electron chi connectivity index (χ2n) is 9.55. The Morgan fingerprint density at radius 3 is 2.70 bits per heavy atom. The van der Waals surface area contributed by atoms with Crippen LogP contribution in [0.2, 0.25) is 0 Å². The number of hydrogen-bond acceptors (Lipinski definition) is 4. The Morgan fingerprint density at radius 2 is 1.94 bits per heavy atom. The molecule has 0 bridgehead atoms. The summed E-state index contributed by atoms with van der Waals surface area (Å²) in [5.74, 6) is 0.876. The lowest BCUT2D eigenvalue weighted by atomic mass is 9.89. The highest BCUT2D eigenvalue weighted by molar-refractivity contribution is 5.86. The zero-order valence-corrected chi connectivity index (χ0v) is 20.1. The quantitative estimate of drug-likeness (QED) is 0.594. The van der Waals surface area contributed by atoms with Gasteiger partial charge in [-0.2, -0.15) is 0 Å². The topological polar surface area (TPSA) is 50.8 Å². The fourth-order valence-electron chi connectivity index (χ4n) is 5.37. The molecule has 1 unspecified atom stereocenters. The minimum absolute atomic E-state index is 0.0275. The van der Waals surface area contributed by atoms with Crippen LogP contribution in [-0.4, -0.2) is 56.3 Å². The zero-order valence-electron chi connectivity index (χ0n) is 20.1. The minimum Gasteiger partial charge on any atom is -0.496 e. The van der Waals surface area contributed by atoms with E-state index in [1.165, 1.54) is 32.1 Å². The van der Waals surface area contributed by atoms with Gasteiger partial charge in [-0.15, -0.1) is 0 Å². The van der Waals surface area contributed by atoms with Crippen LogP contribution >= 0.6 is 0 Å². The molecule has 2 aromatic carbocycles. The summed E-state index contributed by atoms with van der Waals surface area (Å²) in [7, 11) is 3.88. The van der Waals surface area contributed by atoms with Crippen LogP contribution in [-0.2, 0) is 16.0 Å². The Morgan fingerprint density at radius 1 is 1.12 bits per heavy atom. The molecule has 1 saturated heterocycles. The highest BCUT2D eigenvalue weighted by Gasteiger charge is 2.42. The number of amides is 1. The van der Waals surface area contributed by atoms with Gasteiger partial charge in [0.15, 0.2) is 5.60 Å². The SMILES string of the molecule is COc1ccccc1-c1cccc(CC2(C(=O)NCCN(C)C3CCCCC3)CCCO2)c1. The van der Waals surface area contributed by atoms with Gasteiger partial charge in [0, 0.05) is 37.7 Å². The van der Waals surface area contributed by atoms with Crippen molar-refractivity contribution in [2.45, 2.75) is 63.0 Å². The molecular formula is C28H38N2O3. The van der Waals surface area contributed by atoms with Crippen LogP contribution in [0.1, 0.15) is 50.5 Å². The maximum atomic E-state index is 13.3. The molecule has 2 aliphatic rings. The fourth-order valence-corrected chi connectivity index (χ4v) is 5.37. The van der Waals surface area contributed by atoms with Crippen molar-refractivity contribution in [1.29, 1.82) is 0 Å². The number of likely N-dealkylation sites (N-methyl/N-ethyl adjacent to an activating group) is 1. The number of benzene rings is 2. The largest absolute Gasteiger partial charge is 0.496 e. The van der Waals surface area contributed by atoms with Gasteiger partial charge in [-0.3, -0.25) is 4.79 Å². The van der Waals surface area contributed by atoms with E-state index in [1.807, 2.05) is 18.2 Å². The fraction of sp³-hybridized carbons (Fsp3) is 0.536. The number of nitrogens with one attached hydrogen (secondary N) is 1. The Balaban J connectivity index is 1.41. The van der Waals surface area contributed by atoms with Gasteiger partial charge in [0.25, 0.3) is 5.91 Å². The monoisotopic (exact) mass is 450 g/mol. The van der Waals surface area contributed by atoms with Gasteiger partial charge in [0.2, 0.25) is 0 Å². The molecule has 1 saturated carbocycles. The highest BCUT2D eigenvalue weighted by Crippen LogP contribution is 2.34. The lowest BCUT2D eigenvalue weighted by molar-refractivity contribution is -0.141. The minimum atomic E-state index is -0.775. The van der Waals surface area contributed by atoms with E-state index >= 15 is 0 Å². The van der Waals surface area contributed by atoms with Crippen LogP contribution in [0, 0.1) is 0 Å². The number of carbonyl (C=O) groups excluding carboxylic acids is 1.